The van der Waals surface area contributed by atoms with Crippen molar-refractivity contribution in [1.82, 2.24) is 0 Å². The van der Waals surface area contributed by atoms with Crippen LogP contribution in [0, 0.1) is 0 Å². The number of carboxylic acid groups (broad SMARTS) is 1. The van der Waals surface area contributed by atoms with Gasteiger partial charge in [-0.15, -0.1) is 0 Å². The highest BCUT2D eigenvalue weighted by atomic mass is 16.5. The topological polar surface area (TPSA) is 63.6 Å². The van der Waals surface area contributed by atoms with E-state index in [0.29, 0.717) is 5.57 Å². The molecule has 13 heavy (non-hydrogen) atoms. The number of esters is 1. The van der Waals surface area contributed by atoms with E-state index >= 15 is 0 Å². The van der Waals surface area contributed by atoms with Crippen molar-refractivity contribution < 1.29 is 19.4 Å². The Morgan fingerprint density at radius 3 is 2.31 bits per heavy atom. The molecule has 1 N–H and O–H groups in total. The van der Waals surface area contributed by atoms with Crippen molar-refractivity contribution in [2.45, 2.75) is 13.3 Å². The molecule has 0 aliphatic rings. The molecule has 0 rings (SSSR count). The van der Waals surface area contributed by atoms with E-state index in [2.05, 4.69) is 17.9 Å². The van der Waals surface area contributed by atoms with Crippen LogP contribution in [-0.2, 0) is 14.3 Å². The van der Waals surface area contributed by atoms with Gasteiger partial charge in [-0.05, 0) is 12.5 Å². The molecule has 0 spiro atoms. The maximum absolute atomic E-state index is 11.0. The van der Waals surface area contributed by atoms with Gasteiger partial charge in [-0.25, -0.2) is 4.79 Å². The van der Waals surface area contributed by atoms with Crippen molar-refractivity contribution in [3.05, 3.63) is 24.3 Å². The molecule has 0 radical (unpaired) electrons. The number of carbonyl (C=O) groups is 2. The first-order chi connectivity index (χ1) is 5.93. The van der Waals surface area contributed by atoms with Gasteiger partial charge in [0.25, 0.3) is 0 Å². The molecule has 0 aromatic rings. The molecule has 0 aromatic heterocycles. The first-order valence-electron chi connectivity index (χ1n) is 3.64. The first kappa shape index (κ1) is 11.4. The van der Waals surface area contributed by atoms with Gasteiger partial charge in [0.15, 0.2) is 0 Å². The lowest BCUT2D eigenvalue weighted by molar-refractivity contribution is -0.142. The molecule has 0 aliphatic carbocycles. The molecular formula is C9H12O4. The van der Waals surface area contributed by atoms with E-state index in [-0.39, 0.29) is 12.2 Å². The molecule has 72 valence electrons. The molecule has 0 aliphatic heterocycles. The van der Waals surface area contributed by atoms with Gasteiger partial charge in [-0.1, -0.05) is 13.2 Å². The lowest BCUT2D eigenvalue weighted by Crippen LogP contribution is -2.11. The van der Waals surface area contributed by atoms with Crippen LogP contribution in [0.3, 0.4) is 0 Å². The minimum Gasteiger partial charge on any atom is -0.481 e. The second-order valence-electron chi connectivity index (χ2n) is 2.71. The minimum atomic E-state index is -1.10. The van der Waals surface area contributed by atoms with Gasteiger partial charge in [-0.2, -0.15) is 0 Å². The molecule has 0 amide bonds. The fourth-order valence-electron chi connectivity index (χ4n) is 0.546. The lowest BCUT2D eigenvalue weighted by atomic mass is 10.2. The summed E-state index contributed by atoms with van der Waals surface area (Å²) >= 11 is 0. The van der Waals surface area contributed by atoms with Crippen molar-refractivity contribution in [2.75, 3.05) is 6.61 Å². The summed E-state index contributed by atoms with van der Waals surface area (Å²) in [6, 6.07) is 0. The zero-order chi connectivity index (χ0) is 10.4. The quantitative estimate of drug-likeness (QED) is 0.395. The van der Waals surface area contributed by atoms with Crippen molar-refractivity contribution in [2.24, 2.45) is 0 Å². The summed E-state index contributed by atoms with van der Waals surface area (Å²) in [5.41, 5.74) is 0.630. The highest BCUT2D eigenvalue weighted by molar-refractivity contribution is 5.92. The van der Waals surface area contributed by atoms with E-state index in [9.17, 15) is 9.59 Å². The number of hydrogen-bond donors (Lipinski definition) is 1. The number of carboxylic acids is 1. The molecule has 4 heteroatoms. The Morgan fingerprint density at radius 1 is 1.38 bits per heavy atom. The first-order valence-corrected chi connectivity index (χ1v) is 3.64. The van der Waals surface area contributed by atoms with Gasteiger partial charge < -0.3 is 9.84 Å². The van der Waals surface area contributed by atoms with Gasteiger partial charge in [0.05, 0.1) is 6.42 Å². The molecular weight excluding hydrogens is 172 g/mol. The minimum absolute atomic E-state index is 0.0613. The summed E-state index contributed by atoms with van der Waals surface area (Å²) in [4.78, 5) is 21.1. The average Bonchev–Trinajstić information content (AvgIpc) is 1.98. The van der Waals surface area contributed by atoms with Gasteiger partial charge in [0.1, 0.15) is 6.61 Å². The van der Waals surface area contributed by atoms with Gasteiger partial charge in [0, 0.05) is 5.57 Å². The molecule has 0 fully saturated rings. The van der Waals surface area contributed by atoms with Crippen molar-refractivity contribution >= 4 is 11.9 Å². The number of carbonyl (C=O) groups excluding carboxylic acids is 1. The second-order valence-corrected chi connectivity index (χ2v) is 2.71. The van der Waals surface area contributed by atoms with Crippen LogP contribution in [-0.4, -0.2) is 23.7 Å². The fourth-order valence-corrected chi connectivity index (χ4v) is 0.546. The van der Waals surface area contributed by atoms with Crippen molar-refractivity contribution in [1.29, 1.82) is 0 Å². The maximum Gasteiger partial charge on any atom is 0.334 e. The van der Waals surface area contributed by atoms with E-state index in [0.717, 1.165) is 0 Å². The zero-order valence-corrected chi connectivity index (χ0v) is 7.50. The highest BCUT2D eigenvalue weighted by Gasteiger charge is 2.11. The third-order valence-corrected chi connectivity index (χ3v) is 1.10. The van der Waals surface area contributed by atoms with Crippen LogP contribution >= 0.6 is 0 Å². The summed E-state index contributed by atoms with van der Waals surface area (Å²) in [7, 11) is 0. The molecule has 0 aromatic carbocycles. The zero-order valence-electron chi connectivity index (χ0n) is 7.50. The van der Waals surface area contributed by atoms with Crippen molar-refractivity contribution in [3.63, 3.8) is 0 Å². The molecule has 0 atom stereocenters. The van der Waals surface area contributed by atoms with E-state index in [1.54, 1.807) is 6.92 Å². The van der Waals surface area contributed by atoms with Crippen LogP contribution in [0.25, 0.3) is 0 Å². The summed E-state index contributed by atoms with van der Waals surface area (Å²) < 4.78 is 4.66. The van der Waals surface area contributed by atoms with Crippen LogP contribution in [0.5, 0.6) is 0 Å². The van der Waals surface area contributed by atoms with Crippen LogP contribution in [0.4, 0.5) is 0 Å². The molecule has 0 bridgehead atoms. The van der Waals surface area contributed by atoms with E-state index in [1.165, 1.54) is 0 Å². The van der Waals surface area contributed by atoms with E-state index in [4.69, 9.17) is 5.11 Å². The second kappa shape index (κ2) is 5.13. The summed E-state index contributed by atoms with van der Waals surface area (Å²) in [5.74, 6) is -1.79. The Bertz CT molecular complexity index is 252. The summed E-state index contributed by atoms with van der Waals surface area (Å²) in [6.45, 7) is 8.61. The van der Waals surface area contributed by atoms with Crippen LogP contribution in [0.2, 0.25) is 0 Å². The maximum atomic E-state index is 11.0. The number of hydrogen-bond acceptors (Lipinski definition) is 3. The molecule has 0 heterocycles. The largest absolute Gasteiger partial charge is 0.481 e. The Hall–Kier alpha value is -1.58. The third kappa shape index (κ3) is 5.66. The number of ether oxygens (including phenoxy) is 1. The SMILES string of the molecule is C=C(C)COC(=O)C(=C)CC(=O)O. The summed E-state index contributed by atoms with van der Waals surface area (Å²) in [6.07, 6.45) is -0.394. The molecule has 0 saturated carbocycles. The van der Waals surface area contributed by atoms with E-state index < -0.39 is 18.4 Å². The van der Waals surface area contributed by atoms with Gasteiger partial charge >= 0.3 is 11.9 Å². The monoisotopic (exact) mass is 184 g/mol. The Kier molecular flexibility index (Phi) is 4.51. The van der Waals surface area contributed by atoms with Gasteiger partial charge in [0.2, 0.25) is 0 Å². The Morgan fingerprint density at radius 2 is 1.92 bits per heavy atom. The third-order valence-electron chi connectivity index (χ3n) is 1.10. The Labute approximate surface area is 76.5 Å². The lowest BCUT2D eigenvalue weighted by Gasteiger charge is -2.04. The van der Waals surface area contributed by atoms with Crippen LogP contribution in [0.1, 0.15) is 13.3 Å². The van der Waals surface area contributed by atoms with Crippen molar-refractivity contribution in [3.8, 4) is 0 Å². The van der Waals surface area contributed by atoms with Crippen LogP contribution in [0.15, 0.2) is 24.3 Å². The predicted octanol–water partition coefficient (Wildman–Crippen LogP) is 1.14. The molecule has 4 nitrogen and oxygen atoms in total. The van der Waals surface area contributed by atoms with Crippen LogP contribution < -0.4 is 0 Å². The molecule has 0 unspecified atom stereocenters. The fraction of sp³-hybridized carbons (Fsp3) is 0.333. The Balaban J connectivity index is 3.90. The standard InChI is InChI=1S/C9H12O4/c1-6(2)5-13-9(12)7(3)4-8(10)11/h1,3-5H2,2H3,(H,10,11). The normalized spacial score (nSPS) is 9.00. The predicted molar refractivity (Wildman–Crippen MR) is 47.2 cm³/mol. The van der Waals surface area contributed by atoms with Gasteiger partial charge in [-0.3, -0.25) is 4.79 Å². The molecule has 0 saturated heterocycles. The van der Waals surface area contributed by atoms with E-state index in [1.807, 2.05) is 0 Å². The number of rotatable bonds is 5. The number of aliphatic carboxylic acids is 1. The average molecular weight is 184 g/mol. The smallest absolute Gasteiger partial charge is 0.334 e. The summed E-state index contributed by atoms with van der Waals surface area (Å²) in [5, 5.41) is 8.32. The highest BCUT2D eigenvalue weighted by Crippen LogP contribution is 2.02.